The van der Waals surface area contributed by atoms with Crippen molar-refractivity contribution in [1.82, 2.24) is 16.0 Å². The monoisotopic (exact) mass is 519 g/mol. The quantitative estimate of drug-likeness (QED) is 0.300. The predicted molar refractivity (Wildman–Crippen MR) is 133 cm³/mol. The molecule has 1 saturated carbocycles. The van der Waals surface area contributed by atoms with Gasteiger partial charge >= 0.3 is 17.8 Å². The molecule has 12 heteroatoms. The number of nitrogens with one attached hydrogen (secondary N) is 3. The minimum absolute atomic E-state index is 0.0188. The number of rotatable bonds is 11. The van der Waals surface area contributed by atoms with Gasteiger partial charge in [-0.1, -0.05) is 6.92 Å². The van der Waals surface area contributed by atoms with E-state index in [1.807, 2.05) is 0 Å². The second-order valence-corrected chi connectivity index (χ2v) is 8.69. The molecule has 0 spiro atoms. The van der Waals surface area contributed by atoms with E-state index in [2.05, 4.69) is 22.9 Å². The number of likely N-dealkylation sites (N-methyl/N-ethyl adjacent to an activating group) is 1. The number of hydrogen-bond donors (Lipinski definition) is 3. The maximum absolute atomic E-state index is 12.1. The lowest BCUT2D eigenvalue weighted by molar-refractivity contribution is -0.119. The zero-order valence-electron chi connectivity index (χ0n) is 21.0. The summed E-state index contributed by atoms with van der Waals surface area (Å²) in [6, 6.07) is 6.14. The van der Waals surface area contributed by atoms with E-state index in [1.165, 1.54) is 19.2 Å². The number of hydrogen-bond acceptors (Lipinski definition) is 9. The molecule has 0 radical (unpaired) electrons. The molecule has 1 heterocycles. The Bertz CT molecular complexity index is 1130. The van der Waals surface area contributed by atoms with Gasteiger partial charge in [-0.15, -0.1) is 0 Å². The first-order valence-corrected chi connectivity index (χ1v) is 12.2. The molecule has 0 bridgehead atoms. The Balaban J connectivity index is 1.50. The molecule has 1 aromatic heterocycles. The number of benzene rings is 1. The molecule has 0 aliphatic heterocycles. The van der Waals surface area contributed by atoms with Gasteiger partial charge in [-0.2, -0.15) is 0 Å². The fraction of sp³-hybridized carbons (Fsp3) is 0.520. The number of alkyl carbamates (subject to hydrolysis) is 2. The molecular formula is C25H33N3O9. The molecule has 1 aromatic carbocycles. The second-order valence-electron chi connectivity index (χ2n) is 8.69. The largest absolute Gasteiger partial charge is 0.486 e. The number of amides is 3. The van der Waals surface area contributed by atoms with E-state index in [4.69, 9.17) is 23.4 Å². The fourth-order valence-electron chi connectivity index (χ4n) is 3.78. The van der Waals surface area contributed by atoms with Gasteiger partial charge in [0.05, 0.1) is 6.54 Å². The summed E-state index contributed by atoms with van der Waals surface area (Å²) in [7, 11) is 1.45. The van der Waals surface area contributed by atoms with E-state index < -0.39 is 17.8 Å². The van der Waals surface area contributed by atoms with Crippen LogP contribution < -0.4 is 31.0 Å². The van der Waals surface area contributed by atoms with Crippen LogP contribution in [0.4, 0.5) is 9.59 Å². The maximum atomic E-state index is 12.1. The zero-order valence-corrected chi connectivity index (χ0v) is 21.0. The molecule has 3 amide bonds. The molecular weight excluding hydrogens is 486 g/mol. The van der Waals surface area contributed by atoms with Crippen LogP contribution in [-0.2, 0) is 14.3 Å². The highest BCUT2D eigenvalue weighted by atomic mass is 16.6. The summed E-state index contributed by atoms with van der Waals surface area (Å²) < 4.78 is 26.9. The zero-order chi connectivity index (χ0) is 26.6. The Morgan fingerprint density at radius 2 is 1.57 bits per heavy atom. The lowest BCUT2D eigenvalue weighted by Crippen LogP contribution is -2.38. The molecule has 1 fully saturated rings. The van der Waals surface area contributed by atoms with Crippen molar-refractivity contribution in [2.24, 2.45) is 5.92 Å². The van der Waals surface area contributed by atoms with Crippen LogP contribution >= 0.6 is 0 Å². The predicted octanol–water partition coefficient (Wildman–Crippen LogP) is 2.33. The summed E-state index contributed by atoms with van der Waals surface area (Å²) in [5.74, 6) is 0.900. The number of ether oxygens (including phenoxy) is 4. The highest BCUT2D eigenvalue weighted by Gasteiger charge is 2.20. The van der Waals surface area contributed by atoms with Gasteiger partial charge < -0.3 is 39.3 Å². The van der Waals surface area contributed by atoms with Crippen molar-refractivity contribution >= 4 is 29.1 Å². The first kappa shape index (κ1) is 27.6. The van der Waals surface area contributed by atoms with Crippen molar-refractivity contribution < 1.29 is 37.7 Å². The molecule has 202 valence electrons. The van der Waals surface area contributed by atoms with Crippen LogP contribution in [-0.4, -0.2) is 64.2 Å². The Kier molecular flexibility index (Phi) is 10.4. The van der Waals surface area contributed by atoms with Gasteiger partial charge in [0.1, 0.15) is 32.0 Å². The van der Waals surface area contributed by atoms with Crippen LogP contribution in [0.15, 0.2) is 33.5 Å². The van der Waals surface area contributed by atoms with E-state index >= 15 is 0 Å². The topological polar surface area (TPSA) is 154 Å². The Morgan fingerprint density at radius 1 is 0.919 bits per heavy atom. The third-order valence-electron chi connectivity index (χ3n) is 5.84. The summed E-state index contributed by atoms with van der Waals surface area (Å²) in [5.41, 5.74) is -0.230. The summed E-state index contributed by atoms with van der Waals surface area (Å²) in [5, 5.41) is 8.16. The third-order valence-corrected chi connectivity index (χ3v) is 5.84. The average molecular weight is 520 g/mol. The maximum Gasteiger partial charge on any atom is 0.407 e. The molecule has 2 aromatic rings. The number of carbonyl (C=O) groups excluding carboxylic acids is 3. The van der Waals surface area contributed by atoms with Gasteiger partial charge in [-0.25, -0.2) is 14.4 Å². The van der Waals surface area contributed by atoms with Gasteiger partial charge in [0.2, 0.25) is 5.91 Å². The minimum Gasteiger partial charge on any atom is -0.486 e. The molecule has 1 aliphatic rings. The molecule has 3 N–H and O–H groups in total. The number of fused-ring (bicyclic) bond motifs is 1. The molecule has 0 atom stereocenters. The standard InChI is InChI=1S/C25H33N3O9/c1-16-3-6-18(7-4-16)28-25(32)36-12-10-33-20-13-17-5-8-23(30)37-19(17)14-21(20)34-9-11-35-24(31)27-15-22(29)26-2/h5,8,13-14,16,18H,3-4,6-7,9-12,15H2,1-2H3,(H,26,29)(H,27,31)(H,28,32). The van der Waals surface area contributed by atoms with Crippen LogP contribution in [0, 0.1) is 5.92 Å². The smallest absolute Gasteiger partial charge is 0.407 e. The van der Waals surface area contributed by atoms with Crippen LogP contribution in [0.1, 0.15) is 32.6 Å². The first-order chi connectivity index (χ1) is 17.8. The van der Waals surface area contributed by atoms with Gasteiger partial charge in [-0.05, 0) is 43.7 Å². The summed E-state index contributed by atoms with van der Waals surface area (Å²) in [6.07, 6.45) is 2.81. The number of carbonyl (C=O) groups is 3. The van der Waals surface area contributed by atoms with E-state index in [1.54, 1.807) is 12.1 Å². The minimum atomic E-state index is -0.772. The van der Waals surface area contributed by atoms with Gasteiger partial charge in [0.25, 0.3) is 0 Å². The molecule has 3 rings (SSSR count). The Hall–Kier alpha value is -3.96. The third kappa shape index (κ3) is 9.21. The van der Waals surface area contributed by atoms with Crippen LogP contribution in [0.2, 0.25) is 0 Å². The Labute approximate surface area is 214 Å². The van der Waals surface area contributed by atoms with E-state index in [0.29, 0.717) is 17.1 Å². The van der Waals surface area contributed by atoms with Crippen molar-refractivity contribution in [1.29, 1.82) is 0 Å². The highest BCUT2D eigenvalue weighted by Crippen LogP contribution is 2.32. The molecule has 1 aliphatic carbocycles. The lowest BCUT2D eigenvalue weighted by Gasteiger charge is -2.26. The van der Waals surface area contributed by atoms with Crippen LogP contribution in [0.3, 0.4) is 0 Å². The average Bonchev–Trinajstić information content (AvgIpc) is 2.89. The fourth-order valence-corrected chi connectivity index (χ4v) is 3.78. The molecule has 12 nitrogen and oxygen atoms in total. The highest BCUT2D eigenvalue weighted by molar-refractivity contribution is 5.82. The van der Waals surface area contributed by atoms with Crippen LogP contribution in [0.25, 0.3) is 11.0 Å². The Morgan fingerprint density at radius 3 is 2.24 bits per heavy atom. The van der Waals surface area contributed by atoms with E-state index in [0.717, 1.165) is 25.7 Å². The van der Waals surface area contributed by atoms with Gasteiger partial charge in [0.15, 0.2) is 11.5 Å². The van der Waals surface area contributed by atoms with Crippen molar-refractivity contribution in [3.8, 4) is 11.5 Å². The van der Waals surface area contributed by atoms with Crippen LogP contribution in [0.5, 0.6) is 11.5 Å². The van der Waals surface area contributed by atoms with E-state index in [-0.39, 0.29) is 56.3 Å². The normalized spacial score (nSPS) is 16.9. The second kappa shape index (κ2) is 14.0. The van der Waals surface area contributed by atoms with E-state index in [9.17, 15) is 19.2 Å². The SMILES string of the molecule is CNC(=O)CNC(=O)OCCOc1cc2oc(=O)ccc2cc1OCCOC(=O)NC1CCC(C)CC1. The summed E-state index contributed by atoms with van der Waals surface area (Å²) in [6.45, 7) is 1.93. The molecule has 0 saturated heterocycles. The van der Waals surface area contributed by atoms with Crippen molar-refractivity contribution in [3.63, 3.8) is 0 Å². The van der Waals surface area contributed by atoms with Crippen molar-refractivity contribution in [2.45, 2.75) is 38.6 Å². The first-order valence-electron chi connectivity index (χ1n) is 12.2. The summed E-state index contributed by atoms with van der Waals surface area (Å²) >= 11 is 0. The van der Waals surface area contributed by atoms with Gasteiger partial charge in [-0.3, -0.25) is 4.79 Å². The lowest BCUT2D eigenvalue weighted by atomic mass is 9.87. The summed E-state index contributed by atoms with van der Waals surface area (Å²) in [4.78, 5) is 46.5. The van der Waals surface area contributed by atoms with Gasteiger partial charge in [0, 0.05) is 30.6 Å². The van der Waals surface area contributed by atoms with Crippen molar-refractivity contribution in [3.05, 3.63) is 34.7 Å². The molecule has 37 heavy (non-hydrogen) atoms. The molecule has 0 unspecified atom stereocenters. The van der Waals surface area contributed by atoms with Crippen molar-refractivity contribution in [2.75, 3.05) is 40.0 Å².